The molecule has 1 saturated heterocycles. The van der Waals surface area contributed by atoms with Crippen molar-refractivity contribution < 1.29 is 13.2 Å². The van der Waals surface area contributed by atoms with E-state index in [9.17, 15) is 13.2 Å². The molecule has 1 atom stereocenters. The van der Waals surface area contributed by atoms with E-state index in [0.717, 1.165) is 5.56 Å². The number of rotatable bonds is 3. The first-order chi connectivity index (χ1) is 7.99. The number of sulfonamides is 1. The molecule has 1 aliphatic rings. The molecule has 0 saturated carbocycles. The van der Waals surface area contributed by atoms with Crippen LogP contribution in [0.25, 0.3) is 0 Å². The van der Waals surface area contributed by atoms with E-state index in [4.69, 9.17) is 0 Å². The summed E-state index contributed by atoms with van der Waals surface area (Å²) in [5, 5.41) is 2.59. The molecular formula is C11H14N2O3S. The summed E-state index contributed by atoms with van der Waals surface area (Å²) in [5.41, 5.74) is 0.988. The first-order valence-corrected chi connectivity index (χ1v) is 6.84. The average Bonchev–Trinajstić information content (AvgIpc) is 2.64. The fraction of sp³-hybridized carbons (Fsp3) is 0.364. The summed E-state index contributed by atoms with van der Waals surface area (Å²) >= 11 is 0. The highest BCUT2D eigenvalue weighted by molar-refractivity contribution is 7.89. The van der Waals surface area contributed by atoms with E-state index in [1.807, 2.05) is 6.92 Å². The SMILES string of the molecule is Cc1ccc(S(=O)(=O)N[C@@H]2CCNC2=O)cc1. The second kappa shape index (κ2) is 4.46. The Hall–Kier alpha value is -1.40. The van der Waals surface area contributed by atoms with Gasteiger partial charge in [0.15, 0.2) is 0 Å². The number of nitrogens with one attached hydrogen (secondary N) is 2. The minimum atomic E-state index is -3.60. The lowest BCUT2D eigenvalue weighted by Crippen LogP contribution is -2.40. The van der Waals surface area contributed by atoms with Gasteiger partial charge in [0.25, 0.3) is 0 Å². The van der Waals surface area contributed by atoms with Crippen LogP contribution in [0.15, 0.2) is 29.2 Å². The Morgan fingerprint density at radius 3 is 2.47 bits per heavy atom. The van der Waals surface area contributed by atoms with Crippen LogP contribution in [-0.4, -0.2) is 26.9 Å². The molecule has 1 aromatic rings. The second-order valence-corrected chi connectivity index (χ2v) is 5.78. The highest BCUT2D eigenvalue weighted by Crippen LogP contribution is 2.12. The van der Waals surface area contributed by atoms with Gasteiger partial charge in [-0.15, -0.1) is 0 Å². The standard InChI is InChI=1S/C11H14N2O3S/c1-8-2-4-9(5-3-8)17(15,16)13-10-6-7-12-11(10)14/h2-5,10,13H,6-7H2,1H3,(H,12,14)/t10-/m1/s1. The molecule has 2 rings (SSSR count). The third-order valence-electron chi connectivity index (χ3n) is 2.68. The lowest BCUT2D eigenvalue weighted by atomic mass is 10.2. The Labute approximate surface area is 100 Å². The lowest BCUT2D eigenvalue weighted by Gasteiger charge is -2.10. The lowest BCUT2D eigenvalue weighted by molar-refractivity contribution is -0.120. The van der Waals surface area contributed by atoms with Crippen molar-refractivity contribution in [1.29, 1.82) is 0 Å². The number of aryl methyl sites for hydroxylation is 1. The van der Waals surface area contributed by atoms with Gasteiger partial charge >= 0.3 is 0 Å². The third kappa shape index (κ3) is 2.65. The molecule has 0 aliphatic carbocycles. The van der Waals surface area contributed by atoms with E-state index in [1.54, 1.807) is 12.1 Å². The molecule has 17 heavy (non-hydrogen) atoms. The Kier molecular flexibility index (Phi) is 3.17. The van der Waals surface area contributed by atoms with Crippen LogP contribution < -0.4 is 10.0 Å². The smallest absolute Gasteiger partial charge is 0.241 e. The number of hydrogen-bond donors (Lipinski definition) is 2. The maximum Gasteiger partial charge on any atom is 0.241 e. The number of hydrogen-bond acceptors (Lipinski definition) is 3. The van der Waals surface area contributed by atoms with Gasteiger partial charge in [0.2, 0.25) is 15.9 Å². The van der Waals surface area contributed by atoms with Crippen molar-refractivity contribution in [2.45, 2.75) is 24.3 Å². The molecule has 6 heteroatoms. The molecule has 1 amide bonds. The highest BCUT2D eigenvalue weighted by atomic mass is 32.2. The van der Waals surface area contributed by atoms with Crippen molar-refractivity contribution in [3.8, 4) is 0 Å². The Bertz CT molecular complexity index is 522. The van der Waals surface area contributed by atoms with E-state index >= 15 is 0 Å². The average molecular weight is 254 g/mol. The first-order valence-electron chi connectivity index (χ1n) is 5.36. The van der Waals surface area contributed by atoms with Gasteiger partial charge in [0.1, 0.15) is 6.04 Å². The van der Waals surface area contributed by atoms with Crippen molar-refractivity contribution in [2.24, 2.45) is 0 Å². The van der Waals surface area contributed by atoms with Crippen molar-refractivity contribution in [3.05, 3.63) is 29.8 Å². The molecule has 0 bridgehead atoms. The van der Waals surface area contributed by atoms with Crippen molar-refractivity contribution in [1.82, 2.24) is 10.0 Å². The normalized spacial score (nSPS) is 20.3. The van der Waals surface area contributed by atoms with Gasteiger partial charge in [-0.1, -0.05) is 17.7 Å². The molecule has 1 aromatic carbocycles. The summed E-state index contributed by atoms with van der Waals surface area (Å²) in [6, 6.07) is 5.86. The molecule has 2 N–H and O–H groups in total. The van der Waals surface area contributed by atoms with Crippen LogP contribution in [-0.2, 0) is 14.8 Å². The van der Waals surface area contributed by atoms with E-state index in [1.165, 1.54) is 12.1 Å². The minimum Gasteiger partial charge on any atom is -0.355 e. The summed E-state index contributed by atoms with van der Waals surface area (Å²) in [7, 11) is -3.60. The maximum atomic E-state index is 12.0. The number of carbonyl (C=O) groups is 1. The van der Waals surface area contributed by atoms with Gasteiger partial charge in [0, 0.05) is 6.54 Å². The Morgan fingerprint density at radius 2 is 1.94 bits per heavy atom. The second-order valence-electron chi connectivity index (χ2n) is 4.07. The fourth-order valence-electron chi connectivity index (χ4n) is 1.68. The van der Waals surface area contributed by atoms with Gasteiger partial charge < -0.3 is 5.32 Å². The molecule has 0 aromatic heterocycles. The number of carbonyl (C=O) groups excluding carboxylic acids is 1. The van der Waals surface area contributed by atoms with Crippen molar-refractivity contribution in [2.75, 3.05) is 6.54 Å². The number of amides is 1. The third-order valence-corrected chi connectivity index (χ3v) is 4.17. The van der Waals surface area contributed by atoms with Crippen LogP contribution in [0, 0.1) is 6.92 Å². The van der Waals surface area contributed by atoms with Crippen LogP contribution in [0.5, 0.6) is 0 Å². The molecule has 1 fully saturated rings. The molecule has 5 nitrogen and oxygen atoms in total. The zero-order valence-electron chi connectivity index (χ0n) is 9.43. The van der Waals surface area contributed by atoms with Crippen LogP contribution in [0.4, 0.5) is 0 Å². The zero-order chi connectivity index (χ0) is 12.5. The molecule has 1 aliphatic heterocycles. The molecule has 92 valence electrons. The topological polar surface area (TPSA) is 75.3 Å². The van der Waals surface area contributed by atoms with Gasteiger partial charge in [-0.2, -0.15) is 4.72 Å². The molecule has 0 unspecified atom stereocenters. The largest absolute Gasteiger partial charge is 0.355 e. The van der Waals surface area contributed by atoms with Crippen LogP contribution in [0.2, 0.25) is 0 Å². The van der Waals surface area contributed by atoms with Crippen LogP contribution in [0.3, 0.4) is 0 Å². The molecule has 1 heterocycles. The van der Waals surface area contributed by atoms with Gasteiger partial charge in [-0.25, -0.2) is 8.42 Å². The molecular weight excluding hydrogens is 240 g/mol. The quantitative estimate of drug-likeness (QED) is 0.807. The molecule has 0 spiro atoms. The predicted octanol–water partition coefficient (Wildman–Crippen LogP) is 0.162. The van der Waals surface area contributed by atoms with E-state index in [2.05, 4.69) is 10.0 Å². The summed E-state index contributed by atoms with van der Waals surface area (Å²) in [4.78, 5) is 11.5. The first kappa shape index (κ1) is 12.1. The van der Waals surface area contributed by atoms with Gasteiger partial charge in [-0.3, -0.25) is 4.79 Å². The minimum absolute atomic E-state index is 0.183. The maximum absolute atomic E-state index is 12.0. The Balaban J connectivity index is 2.19. The summed E-state index contributed by atoms with van der Waals surface area (Å²) in [6.45, 7) is 2.40. The van der Waals surface area contributed by atoms with Gasteiger partial charge in [-0.05, 0) is 25.5 Å². The van der Waals surface area contributed by atoms with Crippen LogP contribution >= 0.6 is 0 Å². The van der Waals surface area contributed by atoms with Crippen molar-refractivity contribution in [3.63, 3.8) is 0 Å². The summed E-state index contributed by atoms with van der Waals surface area (Å²) in [5.74, 6) is -0.263. The van der Waals surface area contributed by atoms with Gasteiger partial charge in [0.05, 0.1) is 4.90 Å². The summed E-state index contributed by atoms with van der Waals surface area (Å²) in [6.07, 6.45) is 0.490. The van der Waals surface area contributed by atoms with Crippen molar-refractivity contribution >= 4 is 15.9 Å². The van der Waals surface area contributed by atoms with Crippen LogP contribution in [0.1, 0.15) is 12.0 Å². The summed E-state index contributed by atoms with van der Waals surface area (Å²) < 4.78 is 26.3. The zero-order valence-corrected chi connectivity index (χ0v) is 10.3. The molecule has 0 radical (unpaired) electrons. The highest BCUT2D eigenvalue weighted by Gasteiger charge is 2.29. The Morgan fingerprint density at radius 1 is 1.29 bits per heavy atom. The number of benzene rings is 1. The predicted molar refractivity (Wildman–Crippen MR) is 62.9 cm³/mol. The van der Waals surface area contributed by atoms with E-state index in [0.29, 0.717) is 13.0 Å². The van der Waals surface area contributed by atoms with E-state index < -0.39 is 16.1 Å². The fourth-order valence-corrected chi connectivity index (χ4v) is 2.91. The van der Waals surface area contributed by atoms with E-state index in [-0.39, 0.29) is 10.8 Å². The monoisotopic (exact) mass is 254 g/mol.